The highest BCUT2D eigenvalue weighted by atomic mass is 32.2. The summed E-state index contributed by atoms with van der Waals surface area (Å²) in [4.78, 5) is 12.1. The predicted octanol–water partition coefficient (Wildman–Crippen LogP) is 2.46. The highest BCUT2D eigenvalue weighted by Gasteiger charge is 2.09. The smallest absolute Gasteiger partial charge is 0.251 e. The first-order chi connectivity index (χ1) is 10.1. The predicted molar refractivity (Wildman–Crippen MR) is 89.6 cm³/mol. The Labute approximate surface area is 131 Å². The van der Waals surface area contributed by atoms with Crippen LogP contribution >= 0.6 is 11.8 Å². The van der Waals surface area contributed by atoms with Gasteiger partial charge in [-0.25, -0.2) is 0 Å². The molecule has 0 heterocycles. The molecule has 0 aromatic heterocycles. The third kappa shape index (κ3) is 6.24. The van der Waals surface area contributed by atoms with Crippen LogP contribution in [0, 0.1) is 24.7 Å². The molecule has 114 valence electrons. The van der Waals surface area contributed by atoms with Crippen molar-refractivity contribution in [1.29, 1.82) is 0 Å². The van der Waals surface area contributed by atoms with Gasteiger partial charge >= 0.3 is 0 Å². The minimum absolute atomic E-state index is 0.0551. The number of carbonyl (C=O) groups excluding carboxylic acids is 1. The standard InChI is InChI=1S/C17H23NO2S/c1-13(12-21-3)11-18-17(20)16-8-7-14(2)15(10-16)6-4-5-9-19/h7-8,10,13,19H,5,9,11-12H2,1-3H3,(H,18,20). The van der Waals surface area contributed by atoms with Crippen LogP contribution in [0.1, 0.15) is 34.8 Å². The summed E-state index contributed by atoms with van der Waals surface area (Å²) in [7, 11) is 0. The Hall–Kier alpha value is -1.44. The highest BCUT2D eigenvalue weighted by Crippen LogP contribution is 2.11. The summed E-state index contributed by atoms with van der Waals surface area (Å²) in [6.07, 6.45) is 2.51. The van der Waals surface area contributed by atoms with E-state index < -0.39 is 0 Å². The number of carbonyl (C=O) groups is 1. The minimum atomic E-state index is -0.0619. The van der Waals surface area contributed by atoms with E-state index in [4.69, 9.17) is 5.11 Å². The van der Waals surface area contributed by atoms with Gasteiger partial charge in [-0.1, -0.05) is 24.8 Å². The van der Waals surface area contributed by atoms with Crippen LogP contribution in [-0.2, 0) is 0 Å². The van der Waals surface area contributed by atoms with Crippen molar-refractivity contribution < 1.29 is 9.90 Å². The molecule has 1 aromatic carbocycles. The number of hydrogen-bond acceptors (Lipinski definition) is 3. The van der Waals surface area contributed by atoms with E-state index in [2.05, 4.69) is 30.3 Å². The van der Waals surface area contributed by atoms with Crippen molar-refractivity contribution in [1.82, 2.24) is 5.32 Å². The summed E-state index contributed by atoms with van der Waals surface area (Å²) in [5, 5.41) is 11.7. The average Bonchev–Trinajstić information content (AvgIpc) is 2.47. The van der Waals surface area contributed by atoms with Crippen LogP contribution in [0.5, 0.6) is 0 Å². The molecule has 1 aromatic rings. The Kier molecular flexibility index (Phi) is 7.96. The van der Waals surface area contributed by atoms with Gasteiger partial charge in [0.15, 0.2) is 0 Å². The monoisotopic (exact) mass is 305 g/mol. The summed E-state index contributed by atoms with van der Waals surface area (Å²) in [6.45, 7) is 4.82. The van der Waals surface area contributed by atoms with Crippen molar-refractivity contribution in [3.63, 3.8) is 0 Å². The van der Waals surface area contributed by atoms with E-state index >= 15 is 0 Å². The fraction of sp³-hybridized carbons (Fsp3) is 0.471. The number of aryl methyl sites for hydroxylation is 1. The van der Waals surface area contributed by atoms with E-state index in [0.29, 0.717) is 24.4 Å². The molecule has 1 amide bonds. The van der Waals surface area contributed by atoms with Gasteiger partial charge in [-0.05, 0) is 42.5 Å². The van der Waals surface area contributed by atoms with E-state index in [9.17, 15) is 4.79 Å². The van der Waals surface area contributed by atoms with Gasteiger partial charge in [0, 0.05) is 24.1 Å². The van der Waals surface area contributed by atoms with Gasteiger partial charge in [0.2, 0.25) is 0 Å². The van der Waals surface area contributed by atoms with Gasteiger partial charge in [0.1, 0.15) is 0 Å². The third-order valence-electron chi connectivity index (χ3n) is 3.02. The second-order valence-corrected chi connectivity index (χ2v) is 5.99. The molecule has 1 atom stereocenters. The molecule has 2 N–H and O–H groups in total. The average molecular weight is 305 g/mol. The fourth-order valence-corrected chi connectivity index (χ4v) is 2.51. The first-order valence-corrected chi connectivity index (χ1v) is 8.45. The van der Waals surface area contributed by atoms with Crippen molar-refractivity contribution in [2.75, 3.05) is 25.2 Å². The number of rotatable bonds is 6. The lowest BCUT2D eigenvalue weighted by Gasteiger charge is -2.11. The Morgan fingerprint density at radius 2 is 2.24 bits per heavy atom. The van der Waals surface area contributed by atoms with E-state index in [1.807, 2.05) is 25.1 Å². The molecule has 0 aliphatic rings. The minimum Gasteiger partial charge on any atom is -0.395 e. The number of thioether (sulfide) groups is 1. The number of nitrogens with one attached hydrogen (secondary N) is 1. The van der Waals surface area contributed by atoms with Crippen LogP contribution in [0.4, 0.5) is 0 Å². The normalized spacial score (nSPS) is 11.4. The van der Waals surface area contributed by atoms with E-state index in [1.54, 1.807) is 11.8 Å². The molecule has 0 saturated heterocycles. The van der Waals surface area contributed by atoms with Gasteiger partial charge in [-0.2, -0.15) is 11.8 Å². The summed E-state index contributed by atoms with van der Waals surface area (Å²) in [6, 6.07) is 5.54. The lowest BCUT2D eigenvalue weighted by atomic mass is 10.0. The number of aliphatic hydroxyl groups excluding tert-OH is 1. The molecule has 0 bridgehead atoms. The lowest BCUT2D eigenvalue weighted by molar-refractivity contribution is 0.0949. The van der Waals surface area contributed by atoms with E-state index in [1.165, 1.54) is 0 Å². The Morgan fingerprint density at radius 1 is 1.48 bits per heavy atom. The second kappa shape index (κ2) is 9.49. The maximum atomic E-state index is 12.1. The van der Waals surface area contributed by atoms with Crippen molar-refractivity contribution >= 4 is 17.7 Å². The zero-order valence-electron chi connectivity index (χ0n) is 12.9. The van der Waals surface area contributed by atoms with Gasteiger partial charge in [0.05, 0.1) is 6.61 Å². The summed E-state index contributed by atoms with van der Waals surface area (Å²) >= 11 is 1.78. The first-order valence-electron chi connectivity index (χ1n) is 7.06. The first kappa shape index (κ1) is 17.6. The molecule has 4 heteroatoms. The van der Waals surface area contributed by atoms with E-state index in [0.717, 1.165) is 16.9 Å². The molecule has 0 aliphatic carbocycles. The van der Waals surface area contributed by atoms with E-state index in [-0.39, 0.29) is 12.5 Å². The Morgan fingerprint density at radius 3 is 2.90 bits per heavy atom. The maximum Gasteiger partial charge on any atom is 0.251 e. The van der Waals surface area contributed by atoms with Crippen molar-refractivity contribution in [3.05, 3.63) is 34.9 Å². The van der Waals surface area contributed by atoms with Crippen molar-refractivity contribution in [2.24, 2.45) is 5.92 Å². The molecule has 0 fully saturated rings. The molecular formula is C17H23NO2S. The van der Waals surface area contributed by atoms with Crippen molar-refractivity contribution in [2.45, 2.75) is 20.3 Å². The van der Waals surface area contributed by atoms with Gasteiger partial charge in [-0.3, -0.25) is 4.79 Å². The number of hydrogen-bond donors (Lipinski definition) is 2. The molecule has 0 saturated carbocycles. The van der Waals surface area contributed by atoms with Crippen LogP contribution < -0.4 is 5.32 Å². The maximum absolute atomic E-state index is 12.1. The summed E-state index contributed by atoms with van der Waals surface area (Å²) in [5.74, 6) is 7.32. The van der Waals surface area contributed by atoms with Crippen LogP contribution in [-0.4, -0.2) is 36.2 Å². The molecule has 0 spiro atoms. The van der Waals surface area contributed by atoms with Gasteiger partial charge in [0.25, 0.3) is 5.91 Å². The third-order valence-corrected chi connectivity index (χ3v) is 3.92. The van der Waals surface area contributed by atoms with Crippen LogP contribution in [0.25, 0.3) is 0 Å². The van der Waals surface area contributed by atoms with Crippen LogP contribution in [0.15, 0.2) is 18.2 Å². The van der Waals surface area contributed by atoms with Crippen LogP contribution in [0.2, 0.25) is 0 Å². The molecule has 3 nitrogen and oxygen atoms in total. The molecule has 0 radical (unpaired) electrons. The SMILES string of the molecule is CSCC(C)CNC(=O)c1ccc(C)c(C#CCCO)c1. The van der Waals surface area contributed by atoms with Gasteiger partial charge < -0.3 is 10.4 Å². The fourth-order valence-electron chi connectivity index (χ4n) is 1.82. The number of amides is 1. The Bertz CT molecular complexity index is 531. The molecule has 0 aliphatic heterocycles. The number of benzene rings is 1. The summed E-state index contributed by atoms with van der Waals surface area (Å²) in [5.41, 5.74) is 2.51. The number of aliphatic hydroxyl groups is 1. The molecule has 1 unspecified atom stereocenters. The zero-order chi connectivity index (χ0) is 15.7. The molecule has 1 rings (SSSR count). The highest BCUT2D eigenvalue weighted by molar-refractivity contribution is 7.98. The van der Waals surface area contributed by atoms with Crippen molar-refractivity contribution in [3.8, 4) is 11.8 Å². The molecule has 21 heavy (non-hydrogen) atoms. The second-order valence-electron chi connectivity index (χ2n) is 5.08. The van der Waals surface area contributed by atoms with Crippen LogP contribution in [0.3, 0.4) is 0 Å². The Balaban J connectivity index is 2.73. The van der Waals surface area contributed by atoms with Gasteiger partial charge in [-0.15, -0.1) is 0 Å². The summed E-state index contributed by atoms with van der Waals surface area (Å²) < 4.78 is 0. The topological polar surface area (TPSA) is 49.3 Å². The quantitative estimate of drug-likeness (QED) is 0.794. The zero-order valence-corrected chi connectivity index (χ0v) is 13.7. The largest absolute Gasteiger partial charge is 0.395 e. The molecular weight excluding hydrogens is 282 g/mol. The lowest BCUT2D eigenvalue weighted by Crippen LogP contribution is -2.29.